The summed E-state index contributed by atoms with van der Waals surface area (Å²) in [6.07, 6.45) is -22.2. The van der Waals surface area contributed by atoms with Crippen molar-refractivity contribution in [3.05, 3.63) is 325 Å². The number of fused-ring (bicyclic) bond motifs is 28. The Hall–Kier alpha value is -15.1. The lowest BCUT2D eigenvalue weighted by Crippen LogP contribution is -2.16. The molecular weight excluding hydrogens is 1650 g/mol. The molecule has 22 heteroatoms. The van der Waals surface area contributed by atoms with Gasteiger partial charge in [-0.25, -0.2) is 0 Å². The van der Waals surface area contributed by atoms with E-state index in [1.807, 2.05) is 222 Å². The largest absolute Gasteiger partial charge is 0.417 e. The molecule has 0 saturated heterocycles. The predicted molar refractivity (Wildman–Crippen MR) is 483 cm³/mol. The summed E-state index contributed by atoms with van der Waals surface area (Å²) < 4.78 is 216. The molecule has 0 aliphatic heterocycles. The van der Waals surface area contributed by atoms with Crippen molar-refractivity contribution in [1.29, 1.82) is 10.5 Å². The van der Waals surface area contributed by atoms with E-state index in [0.717, 1.165) is 91.4 Å². The van der Waals surface area contributed by atoms with Gasteiger partial charge in [0.15, 0.2) is 0 Å². The van der Waals surface area contributed by atoms with Crippen molar-refractivity contribution in [2.75, 3.05) is 0 Å². The topological polar surface area (TPSA) is 77.2 Å². The molecule has 8 heterocycles. The van der Waals surface area contributed by atoms with Gasteiger partial charge in [-0.1, -0.05) is 182 Å². The van der Waals surface area contributed by atoms with Crippen LogP contribution in [0.2, 0.25) is 0 Å². The van der Waals surface area contributed by atoms with Gasteiger partial charge in [0.1, 0.15) is 0 Å². The Labute approximate surface area is 711 Å². The average molecular weight is 1710 g/mol. The summed E-state index contributed by atoms with van der Waals surface area (Å²) in [6, 6.07) is 84.9. The van der Waals surface area contributed by atoms with Crippen LogP contribution in [0, 0.1) is 22.7 Å². The lowest BCUT2D eigenvalue weighted by atomic mass is 9.86. The highest BCUT2D eigenvalue weighted by atomic mass is 32.1. The second kappa shape index (κ2) is 26.2. The zero-order valence-corrected chi connectivity index (χ0v) is 67.3. The van der Waals surface area contributed by atoms with Crippen LogP contribution >= 0.6 is 22.7 Å². The number of thiophene rings is 2. The second-order valence-electron chi connectivity index (χ2n) is 32.0. The van der Waals surface area contributed by atoms with Crippen molar-refractivity contribution in [3.63, 3.8) is 0 Å². The third-order valence-corrected chi connectivity index (χ3v) is 28.0. The van der Waals surface area contributed by atoms with Crippen molar-refractivity contribution in [3.8, 4) is 68.3 Å². The molecular formula is C104H54F12N8S2. The van der Waals surface area contributed by atoms with Crippen LogP contribution in [0.3, 0.4) is 0 Å². The first-order valence-electron chi connectivity index (χ1n) is 40.1. The molecule has 126 heavy (non-hydrogen) atoms. The fraction of sp³-hybridized carbons (Fsp3) is 0.0577. The average Bonchev–Trinajstić information content (AvgIpc) is 1.55. The number of para-hydroxylation sites is 5. The van der Waals surface area contributed by atoms with Crippen molar-refractivity contribution < 1.29 is 52.7 Å². The Morgan fingerprint density at radius 1 is 0.254 bits per heavy atom. The van der Waals surface area contributed by atoms with Crippen LogP contribution in [-0.4, -0.2) is 27.4 Å². The maximum Gasteiger partial charge on any atom is 0.417 e. The van der Waals surface area contributed by atoms with Crippen LogP contribution in [-0.2, 0) is 38.8 Å². The minimum Gasteiger partial charge on any atom is -0.344 e. The predicted octanol–water partition coefficient (Wildman–Crippen LogP) is 30.9. The first-order valence-corrected chi connectivity index (χ1v) is 41.8. The molecule has 0 amide bonds. The fourth-order valence-electron chi connectivity index (χ4n) is 20.5. The Kier molecular flexibility index (Phi) is 15.6. The molecule has 24 aromatic rings. The highest BCUT2D eigenvalue weighted by molar-refractivity contribution is 7.27. The molecule has 0 fully saturated rings. The number of hydrogen-bond donors (Lipinski definition) is 0. The molecule has 24 rings (SSSR count). The van der Waals surface area contributed by atoms with E-state index in [1.54, 1.807) is 45.5 Å². The van der Waals surface area contributed by atoms with Crippen molar-refractivity contribution in [1.82, 2.24) is 27.4 Å². The summed E-state index contributed by atoms with van der Waals surface area (Å²) in [5.41, 5.74) is -5.63. The normalized spacial score (nSPS) is 12.8. The van der Waals surface area contributed by atoms with Gasteiger partial charge in [-0.2, -0.15) is 63.2 Å². The van der Waals surface area contributed by atoms with E-state index in [1.165, 1.54) is 53.0 Å². The van der Waals surface area contributed by atoms with E-state index in [4.69, 9.17) is 0 Å². The van der Waals surface area contributed by atoms with Crippen LogP contribution in [0.1, 0.15) is 33.4 Å². The first kappa shape index (κ1) is 74.7. The van der Waals surface area contributed by atoms with E-state index in [9.17, 15) is 10.5 Å². The van der Waals surface area contributed by atoms with Crippen LogP contribution in [0.15, 0.2) is 291 Å². The van der Waals surface area contributed by atoms with Crippen LogP contribution < -0.4 is 0 Å². The third-order valence-electron chi connectivity index (χ3n) is 25.6. The van der Waals surface area contributed by atoms with Crippen molar-refractivity contribution in [2.45, 2.75) is 24.7 Å². The molecule has 0 saturated carbocycles. The summed E-state index contributed by atoms with van der Waals surface area (Å²) in [4.78, 5) is 0. The van der Waals surface area contributed by atoms with E-state index >= 15 is 52.7 Å². The van der Waals surface area contributed by atoms with Gasteiger partial charge in [-0.15, -0.1) is 22.7 Å². The number of benzene rings is 16. The summed E-state index contributed by atoms with van der Waals surface area (Å²) in [5, 5.41) is 34.4. The zero-order chi connectivity index (χ0) is 85.9. The van der Waals surface area contributed by atoms with E-state index in [0.29, 0.717) is 94.4 Å². The zero-order valence-electron chi connectivity index (χ0n) is 65.6. The summed E-state index contributed by atoms with van der Waals surface area (Å²) in [5.74, 6) is 0. The van der Waals surface area contributed by atoms with Crippen LogP contribution in [0.25, 0.3) is 227 Å². The number of hydrogen-bond acceptors (Lipinski definition) is 4. The number of rotatable bonds is 7. The fourth-order valence-corrected chi connectivity index (χ4v) is 23.0. The Morgan fingerprint density at radius 2 is 0.579 bits per heavy atom. The highest BCUT2D eigenvalue weighted by Crippen LogP contribution is 2.57. The molecule has 8 nitrogen and oxygen atoms in total. The lowest BCUT2D eigenvalue weighted by Gasteiger charge is -2.24. The third kappa shape index (κ3) is 10.4. The van der Waals surface area contributed by atoms with Gasteiger partial charge in [-0.05, 0) is 120 Å². The maximum absolute atomic E-state index is 17.7. The SMILES string of the molecule is Cn1c2ccccc2c2c1ccc1c3ccccc3n(-c3cc(C#N)c(-c4c(C(F)(F)F)cc(-c5cccc6c5c5ccc7c8ccccc8sc7c5n6-c5cc(C#N)c(-c6c(C(F)(F)F)cccc6C(F)(F)F)cc5-n5c6ccccc6c6ccc7c8ccccc8sc7c65)cc4C(F)(F)F)cc3-n3c4ccccc4c4ccc5c(c6ccccc6n5C)c43)c12. The smallest absolute Gasteiger partial charge is 0.344 e. The quantitative estimate of drug-likeness (QED) is 0.149. The van der Waals surface area contributed by atoms with Crippen molar-refractivity contribution >= 4 is 194 Å². The summed E-state index contributed by atoms with van der Waals surface area (Å²) in [7, 11) is 3.88. The number of nitrogens with zero attached hydrogens (tertiary/aromatic N) is 8. The van der Waals surface area contributed by atoms with Crippen LogP contribution in [0.4, 0.5) is 52.7 Å². The molecule has 0 radical (unpaired) electrons. The number of aryl methyl sites for hydroxylation is 2. The molecule has 0 aliphatic rings. The number of halogens is 12. The van der Waals surface area contributed by atoms with Gasteiger partial charge in [0.25, 0.3) is 0 Å². The van der Waals surface area contributed by atoms with Crippen molar-refractivity contribution in [2.24, 2.45) is 14.1 Å². The molecule has 0 unspecified atom stereocenters. The van der Waals surface area contributed by atoms with Gasteiger partial charge < -0.3 is 27.4 Å². The molecule has 0 atom stereocenters. The standard InChI is InChI=1S/C104H54F12N8S2/c1-119-76-29-10-6-24-67(76)93-81(119)43-41-62-57-19-3-12-31-78(57)121(95(62)93)84-47-55(52-118)71(50-86(84)122-79-32-13-4-20-58(79)63-42-44-82-94(96(63)122)68-25-7-11-30-77(68)120(82)2)92-74(103(111,112)113)45-53(46-75(92)104(114,115)116)56-26-17-34-83-90(56)69-40-39-66-61-23-9-16-36-89(61)126-100(66)98(69)124(83)85-48-54(51-117)70(91-72(101(105,106)107)27-18-28-73(91)102(108,109)110)49-87(85)123-80-33-14-5-21-59(80)64-37-38-65-60-22-8-15-35-88(60)125-99(65)97(64)123/h3-50H,1-2H3. The van der Waals surface area contributed by atoms with Gasteiger partial charge in [0.05, 0.1) is 133 Å². The van der Waals surface area contributed by atoms with E-state index in [-0.39, 0.29) is 50.1 Å². The Bertz CT molecular complexity index is 9060. The van der Waals surface area contributed by atoms with Crippen LogP contribution in [0.5, 0.6) is 0 Å². The molecule has 16 aromatic carbocycles. The molecule has 0 bridgehead atoms. The monoisotopic (exact) mass is 1710 g/mol. The lowest BCUT2D eigenvalue weighted by molar-refractivity contribution is -0.143. The van der Waals surface area contributed by atoms with Gasteiger partial charge in [0, 0.05) is 143 Å². The number of aromatic nitrogens is 6. The van der Waals surface area contributed by atoms with E-state index < -0.39 is 85.9 Å². The highest BCUT2D eigenvalue weighted by Gasteiger charge is 2.46. The number of alkyl halides is 12. The number of nitriles is 2. The molecule has 0 aliphatic carbocycles. The Balaban J connectivity index is 0.832. The molecule has 0 N–H and O–H groups in total. The second-order valence-corrected chi connectivity index (χ2v) is 34.1. The summed E-state index contributed by atoms with van der Waals surface area (Å²) >= 11 is 2.70. The van der Waals surface area contributed by atoms with Gasteiger partial charge >= 0.3 is 24.7 Å². The minimum atomic E-state index is -5.65. The van der Waals surface area contributed by atoms with E-state index in [2.05, 4.69) is 10.6 Å². The first-order chi connectivity index (χ1) is 60.9. The summed E-state index contributed by atoms with van der Waals surface area (Å²) in [6.45, 7) is 0. The molecule has 0 spiro atoms. The molecule has 8 aromatic heterocycles. The van der Waals surface area contributed by atoms with Gasteiger partial charge in [-0.3, -0.25) is 0 Å². The van der Waals surface area contributed by atoms with Gasteiger partial charge in [0.2, 0.25) is 0 Å². The maximum atomic E-state index is 17.7. The Morgan fingerprint density at radius 3 is 1.02 bits per heavy atom. The minimum absolute atomic E-state index is 0.0197. The molecule has 606 valence electrons.